The number of hydrogen-bond acceptors (Lipinski definition) is 3. The molecule has 1 aromatic heterocycles. The van der Waals surface area contributed by atoms with Gasteiger partial charge in [-0.05, 0) is 59.2 Å². The number of nitrogens with zero attached hydrogens (tertiary/aromatic N) is 3. The molecular formula is C19H19ClIN3O. The molecule has 1 heterocycles. The van der Waals surface area contributed by atoms with Crippen LogP contribution in [0.3, 0.4) is 0 Å². The van der Waals surface area contributed by atoms with E-state index in [9.17, 15) is 5.11 Å². The second kappa shape index (κ2) is 8.29. The molecule has 3 rings (SSSR count). The van der Waals surface area contributed by atoms with Crippen molar-refractivity contribution in [2.45, 2.75) is 32.3 Å². The van der Waals surface area contributed by atoms with Gasteiger partial charge in [-0.2, -0.15) is 0 Å². The molecule has 1 unspecified atom stereocenters. The predicted molar refractivity (Wildman–Crippen MR) is 108 cm³/mol. The Morgan fingerprint density at radius 1 is 1.20 bits per heavy atom. The molecule has 25 heavy (non-hydrogen) atoms. The van der Waals surface area contributed by atoms with Crippen LogP contribution < -0.4 is 0 Å². The largest absolute Gasteiger partial charge is 0.384 e. The predicted octanol–water partition coefficient (Wildman–Crippen LogP) is 4.95. The SMILES string of the molecule is CCCCc1nnn(-c2ccc(Cl)cc2C(O)c2ccccc2)c1I. The summed E-state index contributed by atoms with van der Waals surface area (Å²) in [5.74, 6) is 0. The Balaban J connectivity index is 2.04. The van der Waals surface area contributed by atoms with Crippen molar-refractivity contribution in [3.8, 4) is 5.69 Å². The normalized spacial score (nSPS) is 12.3. The zero-order chi connectivity index (χ0) is 17.8. The van der Waals surface area contributed by atoms with E-state index in [1.165, 1.54) is 0 Å². The first-order chi connectivity index (χ1) is 12.1. The van der Waals surface area contributed by atoms with Gasteiger partial charge in [-0.15, -0.1) is 5.10 Å². The molecule has 0 saturated heterocycles. The van der Waals surface area contributed by atoms with Gasteiger partial charge in [0, 0.05) is 10.6 Å². The Bertz CT molecular complexity index is 851. The lowest BCUT2D eigenvalue weighted by molar-refractivity contribution is 0.220. The minimum absolute atomic E-state index is 0.579. The summed E-state index contributed by atoms with van der Waals surface area (Å²) >= 11 is 8.46. The molecule has 2 aromatic carbocycles. The number of aryl methyl sites for hydroxylation is 1. The lowest BCUT2D eigenvalue weighted by Crippen LogP contribution is -2.09. The molecule has 0 spiro atoms. The second-order valence-corrected chi connectivity index (χ2v) is 7.32. The number of aliphatic hydroxyl groups is 1. The molecule has 0 amide bonds. The van der Waals surface area contributed by atoms with Crippen molar-refractivity contribution in [1.82, 2.24) is 15.0 Å². The number of unbranched alkanes of at least 4 members (excludes halogenated alkanes) is 1. The summed E-state index contributed by atoms with van der Waals surface area (Å²) in [6.45, 7) is 2.16. The highest BCUT2D eigenvalue weighted by Crippen LogP contribution is 2.31. The number of halogens is 2. The third kappa shape index (κ3) is 4.04. The molecule has 0 saturated carbocycles. The lowest BCUT2D eigenvalue weighted by atomic mass is 10.00. The van der Waals surface area contributed by atoms with Gasteiger partial charge < -0.3 is 5.11 Å². The molecule has 0 aliphatic heterocycles. The van der Waals surface area contributed by atoms with Gasteiger partial charge in [0.05, 0.1) is 11.4 Å². The van der Waals surface area contributed by atoms with Gasteiger partial charge in [0.2, 0.25) is 0 Å². The minimum atomic E-state index is -0.783. The molecule has 6 heteroatoms. The molecule has 0 bridgehead atoms. The quantitative estimate of drug-likeness (QED) is 0.522. The summed E-state index contributed by atoms with van der Waals surface area (Å²) in [7, 11) is 0. The molecule has 1 atom stereocenters. The van der Waals surface area contributed by atoms with E-state index in [1.54, 1.807) is 10.7 Å². The van der Waals surface area contributed by atoms with Crippen molar-refractivity contribution in [3.05, 3.63) is 74.1 Å². The first-order valence-electron chi connectivity index (χ1n) is 8.24. The van der Waals surface area contributed by atoms with Crippen molar-refractivity contribution < 1.29 is 5.11 Å². The molecule has 4 nitrogen and oxygen atoms in total. The molecule has 0 radical (unpaired) electrons. The highest BCUT2D eigenvalue weighted by Gasteiger charge is 2.20. The van der Waals surface area contributed by atoms with E-state index in [4.69, 9.17) is 11.6 Å². The topological polar surface area (TPSA) is 50.9 Å². The van der Waals surface area contributed by atoms with E-state index >= 15 is 0 Å². The zero-order valence-corrected chi connectivity index (χ0v) is 16.8. The molecule has 130 valence electrons. The van der Waals surface area contributed by atoms with E-state index in [2.05, 4.69) is 39.8 Å². The number of aliphatic hydroxyl groups excluding tert-OH is 1. The van der Waals surface area contributed by atoms with Crippen LogP contribution in [0, 0.1) is 3.70 Å². The Morgan fingerprint density at radius 2 is 1.96 bits per heavy atom. The molecular weight excluding hydrogens is 449 g/mol. The fourth-order valence-corrected chi connectivity index (χ4v) is 3.62. The molecule has 0 aliphatic rings. The molecule has 0 aliphatic carbocycles. The summed E-state index contributed by atoms with van der Waals surface area (Å²) in [5, 5.41) is 20.1. The standard InChI is InChI=1S/C19H19ClIN3O/c1-2-3-9-16-19(21)24(23-22-16)17-11-10-14(20)12-15(17)18(25)13-7-5-4-6-8-13/h4-8,10-12,18,25H,2-3,9H2,1H3. The maximum absolute atomic E-state index is 10.9. The minimum Gasteiger partial charge on any atom is -0.384 e. The highest BCUT2D eigenvalue weighted by atomic mass is 127. The van der Waals surface area contributed by atoms with Crippen LogP contribution >= 0.6 is 34.2 Å². The van der Waals surface area contributed by atoms with Crippen LogP contribution in [-0.2, 0) is 6.42 Å². The van der Waals surface area contributed by atoms with E-state index < -0.39 is 6.10 Å². The Labute approximate surface area is 166 Å². The molecule has 3 aromatic rings. The highest BCUT2D eigenvalue weighted by molar-refractivity contribution is 14.1. The van der Waals surface area contributed by atoms with Gasteiger partial charge in [0.1, 0.15) is 9.80 Å². The third-order valence-electron chi connectivity index (χ3n) is 4.07. The Kier molecular flexibility index (Phi) is 6.09. The number of aromatic nitrogens is 3. The number of hydrogen-bond donors (Lipinski definition) is 1. The molecule has 1 N–H and O–H groups in total. The average Bonchev–Trinajstić information content (AvgIpc) is 3.00. The summed E-state index contributed by atoms with van der Waals surface area (Å²) in [6, 6.07) is 15.0. The zero-order valence-electron chi connectivity index (χ0n) is 13.9. The van der Waals surface area contributed by atoms with Gasteiger partial charge in [-0.3, -0.25) is 0 Å². The smallest absolute Gasteiger partial charge is 0.128 e. The maximum atomic E-state index is 10.9. The fourth-order valence-electron chi connectivity index (χ4n) is 2.70. The maximum Gasteiger partial charge on any atom is 0.128 e. The van der Waals surface area contributed by atoms with Crippen molar-refractivity contribution in [2.75, 3.05) is 0 Å². The van der Waals surface area contributed by atoms with Gasteiger partial charge in [0.25, 0.3) is 0 Å². The lowest BCUT2D eigenvalue weighted by Gasteiger charge is -2.16. The van der Waals surface area contributed by atoms with Crippen molar-refractivity contribution >= 4 is 34.2 Å². The van der Waals surface area contributed by atoms with Crippen molar-refractivity contribution in [3.63, 3.8) is 0 Å². The summed E-state index contributed by atoms with van der Waals surface area (Å²) in [4.78, 5) is 0. The number of benzene rings is 2. The average molecular weight is 468 g/mol. The summed E-state index contributed by atoms with van der Waals surface area (Å²) in [5.41, 5.74) is 3.30. The third-order valence-corrected chi connectivity index (χ3v) is 5.39. The van der Waals surface area contributed by atoms with Gasteiger partial charge in [0.15, 0.2) is 0 Å². The molecule has 0 fully saturated rings. The fraction of sp³-hybridized carbons (Fsp3) is 0.263. The van der Waals surface area contributed by atoms with Crippen LogP contribution in [0.1, 0.15) is 42.7 Å². The van der Waals surface area contributed by atoms with Crippen LogP contribution in [0.5, 0.6) is 0 Å². The van der Waals surface area contributed by atoms with Crippen LogP contribution in [0.4, 0.5) is 0 Å². The second-order valence-electron chi connectivity index (χ2n) is 5.86. The van der Waals surface area contributed by atoms with Crippen molar-refractivity contribution in [1.29, 1.82) is 0 Å². The van der Waals surface area contributed by atoms with E-state index in [1.807, 2.05) is 42.5 Å². The first-order valence-corrected chi connectivity index (χ1v) is 9.70. The van der Waals surface area contributed by atoms with Crippen molar-refractivity contribution in [2.24, 2.45) is 0 Å². The van der Waals surface area contributed by atoms with E-state index in [-0.39, 0.29) is 0 Å². The van der Waals surface area contributed by atoms with E-state index in [0.717, 1.165) is 39.9 Å². The van der Waals surface area contributed by atoms with Gasteiger partial charge >= 0.3 is 0 Å². The van der Waals surface area contributed by atoms with Gasteiger partial charge in [-0.25, -0.2) is 4.68 Å². The monoisotopic (exact) mass is 467 g/mol. The Hall–Kier alpha value is -1.44. The van der Waals surface area contributed by atoms with Crippen LogP contribution in [-0.4, -0.2) is 20.1 Å². The number of rotatable bonds is 6. The Morgan fingerprint density at radius 3 is 2.68 bits per heavy atom. The van der Waals surface area contributed by atoms with E-state index in [0.29, 0.717) is 10.6 Å². The van der Waals surface area contributed by atoms with Crippen LogP contribution in [0.2, 0.25) is 5.02 Å². The first kappa shape index (κ1) is 18.4. The van der Waals surface area contributed by atoms with Crippen LogP contribution in [0.25, 0.3) is 5.69 Å². The summed E-state index contributed by atoms with van der Waals surface area (Å²) in [6.07, 6.45) is 2.31. The summed E-state index contributed by atoms with van der Waals surface area (Å²) < 4.78 is 2.75. The van der Waals surface area contributed by atoms with Gasteiger partial charge in [-0.1, -0.05) is 60.5 Å². The van der Waals surface area contributed by atoms with Crippen LogP contribution in [0.15, 0.2) is 48.5 Å².